The number of hydrogen-bond acceptors (Lipinski definition) is 4. The van der Waals surface area contributed by atoms with Gasteiger partial charge >= 0.3 is 5.97 Å². The number of ether oxygens (including phenoxy) is 1. The molecular weight excluding hydrogens is 539 g/mol. The average molecular weight is 577 g/mol. The van der Waals surface area contributed by atoms with Crippen LogP contribution in [0.1, 0.15) is 83.0 Å². The number of rotatable bonds is 3. The number of Topliss-reactive ketones (excluding diaryl/α,β-unsaturated/α-hetero) is 1. The van der Waals surface area contributed by atoms with E-state index in [0.717, 1.165) is 48.5 Å². The second-order valence-electron chi connectivity index (χ2n) is 12.0. The summed E-state index contributed by atoms with van der Waals surface area (Å²) in [5.74, 6) is 1.02. The molecule has 0 spiro atoms. The van der Waals surface area contributed by atoms with Crippen LogP contribution in [-0.2, 0) is 9.53 Å². The van der Waals surface area contributed by atoms with E-state index in [2.05, 4.69) is 49.4 Å². The Morgan fingerprint density at radius 3 is 2.62 bits per heavy atom. The molecule has 4 aliphatic carbocycles. The van der Waals surface area contributed by atoms with Gasteiger partial charge in [-0.2, -0.15) is 0 Å². The third-order valence-electron chi connectivity index (χ3n) is 10.4. The first-order chi connectivity index (χ1) is 16.0. The molecule has 3 saturated carbocycles. The molecule has 5 heteroatoms. The van der Waals surface area contributed by atoms with Gasteiger partial charge in [-0.15, -0.1) is 0 Å². The van der Waals surface area contributed by atoms with Gasteiger partial charge in [0.25, 0.3) is 0 Å². The zero-order valence-electron chi connectivity index (χ0n) is 20.8. The van der Waals surface area contributed by atoms with Crippen molar-refractivity contribution in [3.8, 4) is 0 Å². The zero-order chi connectivity index (χ0) is 24.5. The van der Waals surface area contributed by atoms with Crippen molar-refractivity contribution in [2.24, 2.45) is 34.5 Å². The van der Waals surface area contributed by atoms with Gasteiger partial charge in [-0.1, -0.05) is 38.5 Å². The summed E-state index contributed by atoms with van der Waals surface area (Å²) in [5.41, 5.74) is 0.712. The number of ketones is 1. The van der Waals surface area contributed by atoms with E-state index in [0.29, 0.717) is 23.3 Å². The molecule has 184 valence electrons. The highest BCUT2D eigenvalue weighted by atomic mass is 127. The van der Waals surface area contributed by atoms with Crippen LogP contribution in [0.5, 0.6) is 0 Å². The molecule has 4 nitrogen and oxygen atoms in total. The van der Waals surface area contributed by atoms with Crippen molar-refractivity contribution in [3.05, 3.63) is 45.0 Å². The maximum Gasteiger partial charge on any atom is 0.338 e. The first-order valence-corrected chi connectivity index (χ1v) is 14.0. The number of carbonyl (C=O) groups is 2. The van der Waals surface area contributed by atoms with E-state index in [1.165, 1.54) is 0 Å². The summed E-state index contributed by atoms with van der Waals surface area (Å²) in [6.45, 7) is 8.21. The van der Waals surface area contributed by atoms with Gasteiger partial charge in [-0.25, -0.2) is 4.79 Å². The van der Waals surface area contributed by atoms with Gasteiger partial charge in [0.05, 0.1) is 5.56 Å². The summed E-state index contributed by atoms with van der Waals surface area (Å²) in [4.78, 5) is 25.4. The minimum absolute atomic E-state index is 0.00512. The van der Waals surface area contributed by atoms with E-state index in [1.54, 1.807) is 12.5 Å². The van der Waals surface area contributed by atoms with Crippen LogP contribution in [-0.4, -0.2) is 28.6 Å². The van der Waals surface area contributed by atoms with Gasteiger partial charge in [0.1, 0.15) is 11.7 Å². The highest BCUT2D eigenvalue weighted by Crippen LogP contribution is 2.67. The summed E-state index contributed by atoms with van der Waals surface area (Å²) in [5, 5.41) is 11.6. The van der Waals surface area contributed by atoms with Crippen LogP contribution in [0.3, 0.4) is 0 Å². The van der Waals surface area contributed by atoms with Crippen LogP contribution >= 0.6 is 22.6 Å². The lowest BCUT2D eigenvalue weighted by molar-refractivity contribution is -0.156. The molecule has 0 amide bonds. The molecule has 0 bridgehead atoms. The number of halogens is 1. The van der Waals surface area contributed by atoms with E-state index in [-0.39, 0.29) is 34.6 Å². The number of carbonyl (C=O) groups excluding carboxylic acids is 2. The van der Waals surface area contributed by atoms with Gasteiger partial charge < -0.3 is 9.84 Å². The Kier molecular flexibility index (Phi) is 6.07. The molecule has 0 saturated heterocycles. The largest absolute Gasteiger partial charge is 0.459 e. The molecule has 0 radical (unpaired) electrons. The molecule has 1 N–H and O–H groups in total. The molecule has 3 fully saturated rings. The standard InChI is InChI=1S/C29H37IO4/c1-17-14-25-23-9-8-20-16-22(34-26(32)19-6-5-7-21(30)15-19)10-12-27(20,3)24(23)11-13-28(25,4)29(17,33)18(2)31/h5-7,11,15,17,20,22-23,25,33H,8-10,12-14,16H2,1-4H3/t17-,20+,22-,23-,25-,27+,28+,29+/m1/s1. The Morgan fingerprint density at radius 2 is 1.91 bits per heavy atom. The van der Waals surface area contributed by atoms with Crippen LogP contribution in [0.2, 0.25) is 0 Å². The van der Waals surface area contributed by atoms with Crippen molar-refractivity contribution in [2.45, 2.75) is 84.3 Å². The summed E-state index contributed by atoms with van der Waals surface area (Å²) >= 11 is 2.22. The van der Waals surface area contributed by atoms with Gasteiger partial charge in [-0.05, 0) is 122 Å². The first-order valence-electron chi connectivity index (χ1n) is 12.9. The number of aliphatic hydroxyl groups is 1. The minimum Gasteiger partial charge on any atom is -0.459 e. The van der Waals surface area contributed by atoms with Gasteiger partial charge in [0.2, 0.25) is 0 Å². The van der Waals surface area contributed by atoms with Crippen molar-refractivity contribution in [1.82, 2.24) is 0 Å². The van der Waals surface area contributed by atoms with Gasteiger partial charge in [0.15, 0.2) is 5.78 Å². The van der Waals surface area contributed by atoms with Crippen LogP contribution in [0.15, 0.2) is 35.9 Å². The van der Waals surface area contributed by atoms with Crippen molar-refractivity contribution in [3.63, 3.8) is 0 Å². The van der Waals surface area contributed by atoms with Crippen molar-refractivity contribution in [1.29, 1.82) is 0 Å². The maximum atomic E-state index is 12.8. The van der Waals surface area contributed by atoms with E-state index in [4.69, 9.17) is 4.74 Å². The SMILES string of the molecule is CC(=O)[C@@]1(O)[C@H](C)C[C@@H]2[C@@H]3CC[C@H]4C[C@H](OC(=O)c5cccc(I)c5)CC[C@]4(C)C3=CC[C@@]21C. The van der Waals surface area contributed by atoms with E-state index < -0.39 is 5.60 Å². The highest BCUT2D eigenvalue weighted by molar-refractivity contribution is 14.1. The van der Waals surface area contributed by atoms with Gasteiger partial charge in [0, 0.05) is 8.99 Å². The predicted octanol–water partition coefficient (Wildman–Crippen LogP) is 6.35. The van der Waals surface area contributed by atoms with Crippen molar-refractivity contribution >= 4 is 34.3 Å². The second kappa shape index (κ2) is 8.43. The summed E-state index contributed by atoms with van der Waals surface area (Å²) in [6.07, 6.45) is 9.14. The average Bonchev–Trinajstić information content (AvgIpc) is 3.01. The third kappa shape index (κ3) is 3.47. The topological polar surface area (TPSA) is 63.6 Å². The number of benzene rings is 1. The Balaban J connectivity index is 1.35. The molecule has 0 heterocycles. The Bertz CT molecular complexity index is 1050. The van der Waals surface area contributed by atoms with E-state index in [9.17, 15) is 14.7 Å². The molecule has 1 aromatic rings. The number of allylic oxidation sites excluding steroid dienone is 2. The second-order valence-corrected chi connectivity index (χ2v) is 13.2. The quantitative estimate of drug-likeness (QED) is 0.259. The number of hydrogen-bond donors (Lipinski definition) is 1. The fourth-order valence-corrected chi connectivity index (χ4v) is 9.07. The summed E-state index contributed by atoms with van der Waals surface area (Å²) in [7, 11) is 0. The molecule has 1 aromatic carbocycles. The van der Waals surface area contributed by atoms with Crippen molar-refractivity contribution < 1.29 is 19.4 Å². The van der Waals surface area contributed by atoms with Crippen LogP contribution < -0.4 is 0 Å². The Labute approximate surface area is 217 Å². The fraction of sp³-hybridized carbons (Fsp3) is 0.655. The Morgan fingerprint density at radius 1 is 1.15 bits per heavy atom. The predicted molar refractivity (Wildman–Crippen MR) is 140 cm³/mol. The van der Waals surface area contributed by atoms with Gasteiger partial charge in [-0.3, -0.25) is 4.79 Å². The Hall–Kier alpha value is -1.21. The summed E-state index contributed by atoms with van der Waals surface area (Å²) < 4.78 is 7.02. The first kappa shape index (κ1) is 24.5. The number of esters is 1. The van der Waals surface area contributed by atoms with Crippen LogP contribution in [0.4, 0.5) is 0 Å². The third-order valence-corrected chi connectivity index (χ3v) is 11.1. The maximum absolute atomic E-state index is 12.8. The monoisotopic (exact) mass is 576 g/mol. The highest BCUT2D eigenvalue weighted by Gasteiger charge is 2.66. The van der Waals surface area contributed by atoms with Crippen molar-refractivity contribution in [2.75, 3.05) is 0 Å². The summed E-state index contributed by atoms with van der Waals surface area (Å²) in [6, 6.07) is 7.60. The fourth-order valence-electron chi connectivity index (χ4n) is 8.52. The minimum atomic E-state index is -1.22. The van der Waals surface area contributed by atoms with E-state index in [1.807, 2.05) is 24.3 Å². The molecule has 0 unspecified atom stereocenters. The smallest absolute Gasteiger partial charge is 0.338 e. The normalized spacial score (nSPS) is 43.2. The van der Waals surface area contributed by atoms with Crippen LogP contribution in [0.25, 0.3) is 0 Å². The zero-order valence-corrected chi connectivity index (χ0v) is 22.9. The lowest BCUT2D eigenvalue weighted by Crippen LogP contribution is -2.56. The number of fused-ring (bicyclic) bond motifs is 5. The molecule has 0 aromatic heterocycles. The molecule has 34 heavy (non-hydrogen) atoms. The lowest BCUT2D eigenvalue weighted by atomic mass is 9.48. The molecule has 4 aliphatic rings. The molecule has 5 rings (SSSR count). The van der Waals surface area contributed by atoms with E-state index >= 15 is 0 Å². The van der Waals surface area contributed by atoms with Crippen LogP contribution in [0, 0.1) is 38.1 Å². The molecule has 8 atom stereocenters. The lowest BCUT2D eigenvalue weighted by Gasteiger charge is -2.57. The molecule has 0 aliphatic heterocycles. The molecular formula is C29H37IO4.